The lowest BCUT2D eigenvalue weighted by atomic mass is 9.97. The fraction of sp³-hybridized carbons (Fsp3) is 0.471. The predicted octanol–water partition coefficient (Wildman–Crippen LogP) is 4.82. The molecule has 22 heavy (non-hydrogen) atoms. The first-order chi connectivity index (χ1) is 10.3. The Kier molecular flexibility index (Phi) is 3.81. The summed E-state index contributed by atoms with van der Waals surface area (Å²) in [5.74, 6) is 0.254. The number of rotatable bonds is 0. The van der Waals surface area contributed by atoms with Crippen LogP contribution in [0.15, 0.2) is 22.7 Å². The zero-order chi connectivity index (χ0) is 16.1. The summed E-state index contributed by atoms with van der Waals surface area (Å²) in [5.41, 5.74) is 2.44. The highest BCUT2D eigenvalue weighted by Crippen LogP contribution is 2.37. The van der Waals surface area contributed by atoms with Crippen molar-refractivity contribution in [2.45, 2.75) is 45.8 Å². The Morgan fingerprint density at radius 3 is 2.82 bits per heavy atom. The number of halogens is 1. The van der Waals surface area contributed by atoms with Crippen molar-refractivity contribution in [1.29, 1.82) is 0 Å². The maximum Gasteiger partial charge on any atom is 0.419 e. The molecule has 3 rings (SSSR count). The zero-order valence-electron chi connectivity index (χ0n) is 13.3. The van der Waals surface area contributed by atoms with E-state index in [-0.39, 0.29) is 12.0 Å². The van der Waals surface area contributed by atoms with E-state index < -0.39 is 5.60 Å². The van der Waals surface area contributed by atoms with Gasteiger partial charge in [-0.1, -0.05) is 22.9 Å². The summed E-state index contributed by atoms with van der Waals surface area (Å²) in [5, 5.41) is 1.09. The van der Waals surface area contributed by atoms with Crippen molar-refractivity contribution in [2.24, 2.45) is 0 Å². The van der Waals surface area contributed by atoms with Crippen LogP contribution >= 0.6 is 15.9 Å². The summed E-state index contributed by atoms with van der Waals surface area (Å²) in [6.45, 7) is 8.85. The van der Waals surface area contributed by atoms with Crippen molar-refractivity contribution in [1.82, 2.24) is 4.57 Å². The first-order valence-corrected chi connectivity index (χ1v) is 8.21. The minimum Gasteiger partial charge on any atom is -0.443 e. The average molecular weight is 366 g/mol. The highest BCUT2D eigenvalue weighted by Gasteiger charge is 2.30. The van der Waals surface area contributed by atoms with Gasteiger partial charge in [-0.25, -0.2) is 9.36 Å². The van der Waals surface area contributed by atoms with Crippen LogP contribution in [0.5, 0.6) is 0 Å². The average Bonchev–Trinajstić information content (AvgIpc) is 2.71. The van der Waals surface area contributed by atoms with Gasteiger partial charge in [0.1, 0.15) is 5.60 Å². The number of hydrogen-bond donors (Lipinski definition) is 0. The maximum atomic E-state index is 12.7. The molecule has 1 unspecified atom stereocenters. The fourth-order valence-electron chi connectivity index (χ4n) is 2.96. The van der Waals surface area contributed by atoms with Gasteiger partial charge >= 0.3 is 6.09 Å². The van der Waals surface area contributed by atoms with Crippen molar-refractivity contribution in [2.75, 3.05) is 6.61 Å². The summed E-state index contributed by atoms with van der Waals surface area (Å²) in [7, 11) is 0. The van der Waals surface area contributed by atoms with Crippen LogP contribution in [0.1, 0.15) is 44.9 Å². The van der Waals surface area contributed by atoms with Gasteiger partial charge in [-0.2, -0.15) is 0 Å². The molecule has 0 fully saturated rings. The molecule has 0 saturated carbocycles. The summed E-state index contributed by atoms with van der Waals surface area (Å²) in [6.07, 6.45) is -0.348. The molecule has 118 valence electrons. The number of benzene rings is 1. The number of aromatic nitrogens is 1. The standard InChI is InChI=1S/C17H20BrNO3/c1-10-8-21-9-14-15(10)12-7-11(18)5-6-13(12)19(14)16(20)22-17(2,3)4/h5-7,10H,8-9H2,1-4H3. The molecule has 1 aliphatic heterocycles. The molecule has 1 aromatic carbocycles. The van der Waals surface area contributed by atoms with E-state index in [0.717, 1.165) is 21.1 Å². The van der Waals surface area contributed by atoms with Crippen LogP contribution in [0.2, 0.25) is 0 Å². The van der Waals surface area contributed by atoms with Gasteiger partial charge in [0.05, 0.1) is 24.4 Å². The molecular weight excluding hydrogens is 346 g/mol. The van der Waals surface area contributed by atoms with Crippen LogP contribution < -0.4 is 0 Å². The van der Waals surface area contributed by atoms with Gasteiger partial charge in [-0.15, -0.1) is 0 Å². The number of carbonyl (C=O) groups is 1. The molecule has 0 spiro atoms. The van der Waals surface area contributed by atoms with Crippen LogP contribution in [0.4, 0.5) is 4.79 Å². The van der Waals surface area contributed by atoms with Gasteiger partial charge in [0.15, 0.2) is 0 Å². The van der Waals surface area contributed by atoms with E-state index in [2.05, 4.69) is 28.9 Å². The molecule has 1 aromatic heterocycles. The van der Waals surface area contributed by atoms with Gasteiger partial charge in [-0.3, -0.25) is 0 Å². The Bertz CT molecular complexity index is 742. The topological polar surface area (TPSA) is 40.5 Å². The lowest BCUT2D eigenvalue weighted by Gasteiger charge is -2.23. The molecule has 1 aliphatic rings. The Morgan fingerprint density at radius 1 is 1.41 bits per heavy atom. The SMILES string of the molecule is CC1COCc2c1c1cc(Br)ccc1n2C(=O)OC(C)(C)C. The molecule has 0 amide bonds. The van der Waals surface area contributed by atoms with Crippen molar-refractivity contribution >= 4 is 32.9 Å². The summed E-state index contributed by atoms with van der Waals surface area (Å²) >= 11 is 3.52. The molecule has 1 atom stereocenters. The third-order valence-electron chi connectivity index (χ3n) is 3.75. The summed E-state index contributed by atoms with van der Waals surface area (Å²) < 4.78 is 13.9. The van der Waals surface area contributed by atoms with E-state index in [0.29, 0.717) is 13.2 Å². The van der Waals surface area contributed by atoms with Gasteiger partial charge in [0, 0.05) is 15.8 Å². The largest absolute Gasteiger partial charge is 0.443 e. The Balaban J connectivity index is 2.23. The van der Waals surface area contributed by atoms with Crippen molar-refractivity contribution in [3.63, 3.8) is 0 Å². The lowest BCUT2D eigenvalue weighted by Crippen LogP contribution is -2.29. The van der Waals surface area contributed by atoms with E-state index in [1.54, 1.807) is 4.57 Å². The van der Waals surface area contributed by atoms with Crippen LogP contribution in [0, 0.1) is 0 Å². The third-order valence-corrected chi connectivity index (χ3v) is 4.24. The highest BCUT2D eigenvalue weighted by atomic mass is 79.9. The normalized spacial score (nSPS) is 18.3. The van der Waals surface area contributed by atoms with Crippen molar-refractivity contribution in [3.05, 3.63) is 33.9 Å². The Morgan fingerprint density at radius 2 is 2.14 bits per heavy atom. The van der Waals surface area contributed by atoms with Crippen molar-refractivity contribution in [3.8, 4) is 0 Å². The molecule has 0 aliphatic carbocycles. The fourth-order valence-corrected chi connectivity index (χ4v) is 3.33. The Hall–Kier alpha value is -1.33. The van der Waals surface area contributed by atoms with Gasteiger partial charge in [-0.05, 0) is 44.5 Å². The lowest BCUT2D eigenvalue weighted by molar-refractivity contribution is 0.0499. The van der Waals surface area contributed by atoms with Crippen LogP contribution in [0.3, 0.4) is 0 Å². The molecule has 0 bridgehead atoms. The second-order valence-corrected chi connectivity index (χ2v) is 7.67. The second kappa shape index (κ2) is 5.39. The molecule has 4 nitrogen and oxygen atoms in total. The monoisotopic (exact) mass is 365 g/mol. The van der Waals surface area contributed by atoms with E-state index in [1.165, 1.54) is 5.56 Å². The quantitative estimate of drug-likeness (QED) is 0.671. The number of hydrogen-bond acceptors (Lipinski definition) is 3. The summed E-state index contributed by atoms with van der Waals surface area (Å²) in [4.78, 5) is 12.7. The minimum absolute atomic E-state index is 0.254. The van der Waals surface area contributed by atoms with Crippen LogP contribution in [0.25, 0.3) is 10.9 Å². The molecule has 0 radical (unpaired) electrons. The first kappa shape index (κ1) is 15.6. The van der Waals surface area contributed by atoms with Crippen LogP contribution in [-0.2, 0) is 16.1 Å². The van der Waals surface area contributed by atoms with E-state index >= 15 is 0 Å². The number of fused-ring (bicyclic) bond motifs is 3. The smallest absolute Gasteiger partial charge is 0.419 e. The van der Waals surface area contributed by atoms with Gasteiger partial charge in [0.25, 0.3) is 0 Å². The highest BCUT2D eigenvalue weighted by molar-refractivity contribution is 9.10. The van der Waals surface area contributed by atoms with Gasteiger partial charge < -0.3 is 9.47 Å². The molecular formula is C17H20BrNO3. The molecule has 2 aromatic rings. The first-order valence-electron chi connectivity index (χ1n) is 7.42. The van der Waals surface area contributed by atoms with Gasteiger partial charge in [0.2, 0.25) is 0 Å². The molecule has 5 heteroatoms. The van der Waals surface area contributed by atoms with E-state index in [4.69, 9.17) is 9.47 Å². The number of ether oxygens (including phenoxy) is 2. The maximum absolute atomic E-state index is 12.7. The second-order valence-electron chi connectivity index (χ2n) is 6.75. The van der Waals surface area contributed by atoms with E-state index in [1.807, 2.05) is 32.9 Å². The van der Waals surface area contributed by atoms with E-state index in [9.17, 15) is 4.79 Å². The van der Waals surface area contributed by atoms with Crippen LogP contribution in [-0.4, -0.2) is 22.9 Å². The zero-order valence-corrected chi connectivity index (χ0v) is 14.9. The number of carbonyl (C=O) groups excluding carboxylic acids is 1. The number of nitrogens with zero attached hydrogens (tertiary/aromatic N) is 1. The Labute approximate surface area is 138 Å². The summed E-state index contributed by atoms with van der Waals surface area (Å²) in [6, 6.07) is 5.96. The molecule has 2 heterocycles. The predicted molar refractivity (Wildman–Crippen MR) is 89.3 cm³/mol. The van der Waals surface area contributed by atoms with Crippen molar-refractivity contribution < 1.29 is 14.3 Å². The third kappa shape index (κ3) is 2.68. The molecule has 0 N–H and O–H groups in total. The minimum atomic E-state index is -0.531. The molecule has 0 saturated heterocycles.